The average Bonchev–Trinajstić information content (AvgIpc) is 2.35. The van der Waals surface area contributed by atoms with Gasteiger partial charge < -0.3 is 10.6 Å². The van der Waals surface area contributed by atoms with Gasteiger partial charge in [-0.05, 0) is 30.0 Å². The Balaban J connectivity index is 2.63. The molecule has 1 atom stereocenters. The van der Waals surface area contributed by atoms with E-state index < -0.39 is 0 Å². The first-order chi connectivity index (χ1) is 8.84. The van der Waals surface area contributed by atoms with Crippen LogP contribution in [0.1, 0.15) is 51.8 Å². The third-order valence-electron chi connectivity index (χ3n) is 3.19. The van der Waals surface area contributed by atoms with Gasteiger partial charge in [-0.3, -0.25) is 4.79 Å². The first-order valence-electron chi connectivity index (χ1n) is 6.95. The fraction of sp³-hybridized carbons (Fsp3) is 0.562. The largest absolute Gasteiger partial charge is 0.348 e. The predicted molar refractivity (Wildman–Crippen MR) is 80.2 cm³/mol. The zero-order valence-electron chi connectivity index (χ0n) is 12.7. The summed E-state index contributed by atoms with van der Waals surface area (Å²) in [5, 5.41) is 6.01. The van der Waals surface area contributed by atoms with Gasteiger partial charge in [0.2, 0.25) is 5.91 Å². The standard InChI is InChI=1S/C16H26N2O/c1-6-17-11-15(19)18-12(2)13-7-9-14(10-8-13)16(3,4)5/h7-10,12,17H,6,11H2,1-5H3,(H,18,19). The fourth-order valence-corrected chi connectivity index (χ4v) is 1.89. The van der Waals surface area contributed by atoms with Crippen LogP contribution in [0.25, 0.3) is 0 Å². The minimum absolute atomic E-state index is 0.0363. The fourth-order valence-electron chi connectivity index (χ4n) is 1.89. The van der Waals surface area contributed by atoms with Gasteiger partial charge in [0, 0.05) is 0 Å². The van der Waals surface area contributed by atoms with Gasteiger partial charge in [-0.1, -0.05) is 52.0 Å². The van der Waals surface area contributed by atoms with Crippen molar-refractivity contribution in [2.24, 2.45) is 0 Å². The minimum Gasteiger partial charge on any atom is -0.348 e. The Labute approximate surface area is 116 Å². The van der Waals surface area contributed by atoms with E-state index in [0.29, 0.717) is 6.54 Å². The Hall–Kier alpha value is -1.35. The number of hydrogen-bond donors (Lipinski definition) is 2. The number of likely N-dealkylation sites (N-methyl/N-ethyl adjacent to an activating group) is 1. The van der Waals surface area contributed by atoms with Crippen LogP contribution in [0.2, 0.25) is 0 Å². The van der Waals surface area contributed by atoms with E-state index in [0.717, 1.165) is 12.1 Å². The second-order valence-electron chi connectivity index (χ2n) is 5.94. The highest BCUT2D eigenvalue weighted by molar-refractivity contribution is 5.78. The van der Waals surface area contributed by atoms with E-state index in [9.17, 15) is 4.79 Å². The van der Waals surface area contributed by atoms with E-state index in [-0.39, 0.29) is 17.4 Å². The summed E-state index contributed by atoms with van der Waals surface area (Å²) in [5.74, 6) is 0.0363. The lowest BCUT2D eigenvalue weighted by atomic mass is 9.86. The van der Waals surface area contributed by atoms with E-state index in [1.807, 2.05) is 13.8 Å². The molecule has 1 aromatic carbocycles. The van der Waals surface area contributed by atoms with Gasteiger partial charge >= 0.3 is 0 Å². The highest BCUT2D eigenvalue weighted by Gasteiger charge is 2.14. The van der Waals surface area contributed by atoms with Gasteiger partial charge in [-0.15, -0.1) is 0 Å². The van der Waals surface area contributed by atoms with E-state index >= 15 is 0 Å². The lowest BCUT2D eigenvalue weighted by Crippen LogP contribution is -2.35. The number of nitrogens with one attached hydrogen (secondary N) is 2. The molecule has 0 heterocycles. The molecular weight excluding hydrogens is 236 g/mol. The molecule has 0 fully saturated rings. The number of carbonyl (C=O) groups excluding carboxylic acids is 1. The molecule has 106 valence electrons. The summed E-state index contributed by atoms with van der Waals surface area (Å²) in [6.45, 7) is 11.8. The van der Waals surface area contributed by atoms with Gasteiger partial charge in [0.15, 0.2) is 0 Å². The first kappa shape index (κ1) is 15.7. The summed E-state index contributed by atoms with van der Waals surface area (Å²) in [5.41, 5.74) is 2.61. The summed E-state index contributed by atoms with van der Waals surface area (Å²) >= 11 is 0. The zero-order chi connectivity index (χ0) is 14.5. The number of amides is 1. The second-order valence-corrected chi connectivity index (χ2v) is 5.94. The molecular formula is C16H26N2O. The molecule has 1 amide bonds. The van der Waals surface area contributed by atoms with Crippen LogP contribution in [0.3, 0.4) is 0 Å². The quantitative estimate of drug-likeness (QED) is 0.856. The summed E-state index contributed by atoms with van der Waals surface area (Å²) in [6.07, 6.45) is 0. The van der Waals surface area contributed by atoms with Crippen LogP contribution in [0.15, 0.2) is 24.3 Å². The molecule has 0 aliphatic heterocycles. The summed E-state index contributed by atoms with van der Waals surface area (Å²) in [7, 11) is 0. The Morgan fingerprint density at radius 3 is 2.26 bits per heavy atom. The van der Waals surface area contributed by atoms with Crippen molar-refractivity contribution in [2.75, 3.05) is 13.1 Å². The molecule has 1 rings (SSSR count). The molecule has 0 bridgehead atoms. The maximum atomic E-state index is 11.6. The number of benzene rings is 1. The maximum Gasteiger partial charge on any atom is 0.234 e. The number of carbonyl (C=O) groups is 1. The highest BCUT2D eigenvalue weighted by Crippen LogP contribution is 2.23. The van der Waals surface area contributed by atoms with Crippen LogP contribution in [0, 0.1) is 0 Å². The lowest BCUT2D eigenvalue weighted by Gasteiger charge is -2.20. The maximum absolute atomic E-state index is 11.6. The molecule has 0 aromatic heterocycles. The molecule has 0 aliphatic rings. The summed E-state index contributed by atoms with van der Waals surface area (Å²) < 4.78 is 0. The molecule has 0 aliphatic carbocycles. The second kappa shape index (κ2) is 6.71. The molecule has 1 aromatic rings. The van der Waals surface area contributed by atoms with Gasteiger partial charge in [0.25, 0.3) is 0 Å². The van der Waals surface area contributed by atoms with Crippen LogP contribution in [0.5, 0.6) is 0 Å². The van der Waals surface area contributed by atoms with Crippen LogP contribution in [0.4, 0.5) is 0 Å². The average molecular weight is 262 g/mol. The molecule has 0 saturated heterocycles. The smallest absolute Gasteiger partial charge is 0.234 e. The highest BCUT2D eigenvalue weighted by atomic mass is 16.1. The van der Waals surface area contributed by atoms with Crippen LogP contribution in [-0.2, 0) is 10.2 Å². The SMILES string of the molecule is CCNCC(=O)NC(C)c1ccc(C(C)(C)C)cc1. The molecule has 0 saturated carbocycles. The van der Waals surface area contributed by atoms with Crippen molar-refractivity contribution in [3.8, 4) is 0 Å². The number of rotatable bonds is 5. The minimum atomic E-state index is 0.0363. The molecule has 19 heavy (non-hydrogen) atoms. The van der Waals surface area contributed by atoms with E-state index in [2.05, 4.69) is 55.7 Å². The normalized spacial score (nSPS) is 13.1. The third kappa shape index (κ3) is 5.03. The molecule has 0 radical (unpaired) electrons. The zero-order valence-corrected chi connectivity index (χ0v) is 12.7. The predicted octanol–water partition coefficient (Wildman–Crippen LogP) is 2.77. The Morgan fingerprint density at radius 1 is 1.21 bits per heavy atom. The van der Waals surface area contributed by atoms with E-state index in [1.165, 1.54) is 5.56 Å². The monoisotopic (exact) mass is 262 g/mol. The molecule has 0 spiro atoms. The first-order valence-corrected chi connectivity index (χ1v) is 6.95. The van der Waals surface area contributed by atoms with E-state index in [1.54, 1.807) is 0 Å². The van der Waals surface area contributed by atoms with Gasteiger partial charge in [0.05, 0.1) is 12.6 Å². The Bertz CT molecular complexity index is 404. The molecule has 2 N–H and O–H groups in total. The molecule has 3 heteroatoms. The number of hydrogen-bond acceptors (Lipinski definition) is 2. The van der Waals surface area contributed by atoms with Crippen molar-refractivity contribution in [3.05, 3.63) is 35.4 Å². The molecule has 1 unspecified atom stereocenters. The molecule has 3 nitrogen and oxygen atoms in total. The Morgan fingerprint density at radius 2 is 1.79 bits per heavy atom. The van der Waals surface area contributed by atoms with Crippen LogP contribution < -0.4 is 10.6 Å². The Kier molecular flexibility index (Phi) is 5.55. The topological polar surface area (TPSA) is 41.1 Å². The van der Waals surface area contributed by atoms with E-state index in [4.69, 9.17) is 0 Å². The van der Waals surface area contributed by atoms with Gasteiger partial charge in [-0.2, -0.15) is 0 Å². The summed E-state index contributed by atoms with van der Waals surface area (Å²) in [4.78, 5) is 11.6. The van der Waals surface area contributed by atoms with Crippen molar-refractivity contribution in [1.29, 1.82) is 0 Å². The van der Waals surface area contributed by atoms with Crippen LogP contribution in [-0.4, -0.2) is 19.0 Å². The van der Waals surface area contributed by atoms with Crippen molar-refractivity contribution >= 4 is 5.91 Å². The summed E-state index contributed by atoms with van der Waals surface area (Å²) in [6, 6.07) is 8.52. The van der Waals surface area contributed by atoms with Crippen molar-refractivity contribution in [3.63, 3.8) is 0 Å². The van der Waals surface area contributed by atoms with Gasteiger partial charge in [0.1, 0.15) is 0 Å². The van der Waals surface area contributed by atoms with Crippen LogP contribution >= 0.6 is 0 Å². The third-order valence-corrected chi connectivity index (χ3v) is 3.19. The van der Waals surface area contributed by atoms with Crippen molar-refractivity contribution in [2.45, 2.75) is 46.1 Å². The van der Waals surface area contributed by atoms with Crippen molar-refractivity contribution < 1.29 is 4.79 Å². The lowest BCUT2D eigenvalue weighted by molar-refractivity contribution is -0.120. The van der Waals surface area contributed by atoms with Crippen molar-refractivity contribution in [1.82, 2.24) is 10.6 Å². The van der Waals surface area contributed by atoms with Gasteiger partial charge in [-0.25, -0.2) is 0 Å².